The Morgan fingerprint density at radius 2 is 1.68 bits per heavy atom. The first-order valence-corrected chi connectivity index (χ1v) is 7.02. The molecule has 0 N–H and O–H groups in total. The summed E-state index contributed by atoms with van der Waals surface area (Å²) in [5.74, 6) is 1.18. The monoisotopic (exact) mass is 252 g/mol. The van der Waals surface area contributed by atoms with Crippen LogP contribution >= 0.6 is 0 Å². The summed E-state index contributed by atoms with van der Waals surface area (Å²) in [6.07, 6.45) is 0. The first kappa shape index (κ1) is 12.4. The normalized spacial score (nSPS) is 15.5. The molecule has 0 atom stereocenters. The van der Waals surface area contributed by atoms with Crippen LogP contribution in [-0.2, 0) is 4.74 Å². The summed E-state index contributed by atoms with van der Waals surface area (Å²) in [7, 11) is 0. The van der Waals surface area contributed by atoms with Crippen LogP contribution in [0.5, 0.6) is 0 Å². The molecule has 2 aromatic carbocycles. The van der Waals surface area contributed by atoms with E-state index in [9.17, 15) is 0 Å². The molecule has 0 amide bonds. The fourth-order valence-electron chi connectivity index (χ4n) is 2.45. The average molecular weight is 252 g/mol. The van der Waals surface area contributed by atoms with Crippen molar-refractivity contribution in [3.8, 4) is 11.1 Å². The molecular weight excluding hydrogens is 232 g/mol. The van der Waals surface area contributed by atoms with Crippen molar-refractivity contribution in [1.29, 1.82) is 0 Å². The van der Waals surface area contributed by atoms with Gasteiger partial charge in [-0.25, -0.2) is 0 Å². The summed E-state index contributed by atoms with van der Waals surface area (Å²) < 4.78 is 5.25. The molecule has 1 heteroatoms. The summed E-state index contributed by atoms with van der Waals surface area (Å²) in [5.41, 5.74) is 5.40. The molecule has 2 aromatic rings. The van der Waals surface area contributed by atoms with Gasteiger partial charge in [0.1, 0.15) is 0 Å². The van der Waals surface area contributed by atoms with Gasteiger partial charge in [-0.15, -0.1) is 0 Å². The second-order valence-corrected chi connectivity index (χ2v) is 5.64. The van der Waals surface area contributed by atoms with Crippen molar-refractivity contribution in [1.82, 2.24) is 0 Å². The third kappa shape index (κ3) is 2.57. The van der Waals surface area contributed by atoms with Gasteiger partial charge >= 0.3 is 0 Å². The molecule has 0 unspecified atom stereocenters. The van der Waals surface area contributed by atoms with Gasteiger partial charge in [-0.2, -0.15) is 0 Å². The number of rotatable bonds is 3. The van der Waals surface area contributed by atoms with E-state index in [1.54, 1.807) is 0 Å². The minimum Gasteiger partial charge on any atom is -0.380 e. The van der Waals surface area contributed by atoms with Crippen molar-refractivity contribution >= 4 is 0 Å². The van der Waals surface area contributed by atoms with Gasteiger partial charge in [-0.3, -0.25) is 0 Å². The van der Waals surface area contributed by atoms with E-state index in [1.807, 2.05) is 0 Å². The fourth-order valence-corrected chi connectivity index (χ4v) is 2.45. The van der Waals surface area contributed by atoms with Crippen LogP contribution in [0.2, 0.25) is 0 Å². The molecule has 3 rings (SSSR count). The molecule has 0 saturated carbocycles. The highest BCUT2D eigenvalue weighted by molar-refractivity contribution is 5.64. The van der Waals surface area contributed by atoms with E-state index in [4.69, 9.17) is 4.74 Å². The van der Waals surface area contributed by atoms with Crippen LogP contribution in [0.1, 0.15) is 36.8 Å². The maximum absolute atomic E-state index is 5.25. The van der Waals surface area contributed by atoms with Crippen LogP contribution in [0.15, 0.2) is 48.5 Å². The summed E-state index contributed by atoms with van der Waals surface area (Å²) >= 11 is 0. The molecule has 1 aliphatic heterocycles. The van der Waals surface area contributed by atoms with E-state index in [0.717, 1.165) is 13.2 Å². The maximum Gasteiger partial charge on any atom is 0.0557 e. The van der Waals surface area contributed by atoms with Gasteiger partial charge in [0, 0.05) is 5.92 Å². The van der Waals surface area contributed by atoms with Crippen LogP contribution < -0.4 is 0 Å². The second-order valence-electron chi connectivity index (χ2n) is 5.64. The fraction of sp³-hybridized carbons (Fsp3) is 0.333. The Morgan fingerprint density at radius 1 is 0.947 bits per heavy atom. The molecule has 98 valence electrons. The second kappa shape index (κ2) is 5.18. The summed E-state index contributed by atoms with van der Waals surface area (Å²) in [5, 5.41) is 0. The summed E-state index contributed by atoms with van der Waals surface area (Å²) in [6, 6.07) is 17.8. The zero-order valence-corrected chi connectivity index (χ0v) is 11.6. The number of hydrogen-bond donors (Lipinski definition) is 0. The number of hydrogen-bond acceptors (Lipinski definition) is 1. The van der Waals surface area contributed by atoms with E-state index >= 15 is 0 Å². The zero-order valence-electron chi connectivity index (χ0n) is 11.6. The van der Waals surface area contributed by atoms with Gasteiger partial charge < -0.3 is 4.74 Å². The number of benzene rings is 2. The van der Waals surface area contributed by atoms with Crippen LogP contribution in [0.3, 0.4) is 0 Å². The average Bonchev–Trinajstić information content (AvgIpc) is 2.38. The molecule has 1 heterocycles. The van der Waals surface area contributed by atoms with Crippen molar-refractivity contribution in [2.24, 2.45) is 0 Å². The maximum atomic E-state index is 5.25. The van der Waals surface area contributed by atoms with Gasteiger partial charge in [0.25, 0.3) is 0 Å². The van der Waals surface area contributed by atoms with Gasteiger partial charge in [-0.1, -0.05) is 62.4 Å². The molecule has 0 spiro atoms. The number of ether oxygens (including phenoxy) is 1. The molecule has 1 nitrogen and oxygen atoms in total. The lowest BCUT2D eigenvalue weighted by Gasteiger charge is -2.26. The molecule has 0 aliphatic carbocycles. The Morgan fingerprint density at radius 3 is 2.26 bits per heavy atom. The summed E-state index contributed by atoms with van der Waals surface area (Å²) in [6.45, 7) is 6.22. The first-order chi connectivity index (χ1) is 9.24. The van der Waals surface area contributed by atoms with Crippen molar-refractivity contribution in [3.05, 3.63) is 59.7 Å². The lowest BCUT2D eigenvalue weighted by atomic mass is 9.93. The summed E-state index contributed by atoms with van der Waals surface area (Å²) in [4.78, 5) is 0. The van der Waals surface area contributed by atoms with E-state index in [0.29, 0.717) is 11.8 Å². The van der Waals surface area contributed by atoms with E-state index in [-0.39, 0.29) is 0 Å². The van der Waals surface area contributed by atoms with E-state index in [1.165, 1.54) is 22.3 Å². The Hall–Kier alpha value is -1.60. The SMILES string of the molecule is CC(C)c1cccc(-c2ccc(C3COC3)cc2)c1. The molecule has 0 aromatic heterocycles. The van der Waals surface area contributed by atoms with Crippen molar-refractivity contribution in [3.63, 3.8) is 0 Å². The smallest absolute Gasteiger partial charge is 0.0557 e. The van der Waals surface area contributed by atoms with Crippen LogP contribution in [0.25, 0.3) is 11.1 Å². The van der Waals surface area contributed by atoms with Crippen molar-refractivity contribution in [2.75, 3.05) is 13.2 Å². The van der Waals surface area contributed by atoms with Gasteiger partial charge in [0.2, 0.25) is 0 Å². The molecule has 0 bridgehead atoms. The van der Waals surface area contributed by atoms with Crippen molar-refractivity contribution < 1.29 is 4.74 Å². The van der Waals surface area contributed by atoms with Gasteiger partial charge in [0.05, 0.1) is 13.2 Å². The van der Waals surface area contributed by atoms with E-state index < -0.39 is 0 Å². The highest BCUT2D eigenvalue weighted by atomic mass is 16.5. The Balaban J connectivity index is 1.87. The van der Waals surface area contributed by atoms with Gasteiger partial charge in [0.15, 0.2) is 0 Å². The molecule has 19 heavy (non-hydrogen) atoms. The van der Waals surface area contributed by atoms with Crippen molar-refractivity contribution in [2.45, 2.75) is 25.7 Å². The van der Waals surface area contributed by atoms with Crippen LogP contribution in [0, 0.1) is 0 Å². The lowest BCUT2D eigenvalue weighted by Crippen LogP contribution is -2.24. The molecule has 1 saturated heterocycles. The topological polar surface area (TPSA) is 9.23 Å². The van der Waals surface area contributed by atoms with Gasteiger partial charge in [-0.05, 0) is 28.2 Å². The molecule has 1 fully saturated rings. The van der Waals surface area contributed by atoms with Crippen LogP contribution in [0.4, 0.5) is 0 Å². The minimum absolute atomic E-state index is 0.575. The Labute approximate surface area is 115 Å². The zero-order chi connectivity index (χ0) is 13.2. The highest BCUT2D eigenvalue weighted by Gasteiger charge is 2.19. The molecule has 0 radical (unpaired) electrons. The predicted molar refractivity (Wildman–Crippen MR) is 79.5 cm³/mol. The largest absolute Gasteiger partial charge is 0.380 e. The quantitative estimate of drug-likeness (QED) is 0.776. The lowest BCUT2D eigenvalue weighted by molar-refractivity contribution is 0.00843. The standard InChI is InChI=1S/C18H20O/c1-13(2)16-4-3-5-17(10-16)14-6-8-15(9-7-14)18-11-19-12-18/h3-10,13,18H,11-12H2,1-2H3. The minimum atomic E-state index is 0.575. The van der Waals surface area contributed by atoms with Crippen LogP contribution in [-0.4, -0.2) is 13.2 Å². The Bertz CT molecular complexity index is 550. The Kier molecular flexibility index (Phi) is 3.39. The third-order valence-electron chi connectivity index (χ3n) is 3.91. The third-order valence-corrected chi connectivity index (χ3v) is 3.91. The molecular formula is C18H20O. The first-order valence-electron chi connectivity index (χ1n) is 7.02. The molecule has 1 aliphatic rings. The van der Waals surface area contributed by atoms with E-state index in [2.05, 4.69) is 62.4 Å². The highest BCUT2D eigenvalue weighted by Crippen LogP contribution is 2.28. The predicted octanol–water partition coefficient (Wildman–Crippen LogP) is 4.59.